The maximum absolute atomic E-state index is 11.8. The predicted molar refractivity (Wildman–Crippen MR) is 30.8 cm³/mol. The minimum absolute atomic E-state index is 0.0406. The van der Waals surface area contributed by atoms with E-state index in [1.54, 1.807) is 0 Å². The first-order valence-corrected chi connectivity index (χ1v) is 3.12. The first-order chi connectivity index (χ1) is 4.33. The van der Waals surface area contributed by atoms with Gasteiger partial charge in [0.15, 0.2) is 6.29 Å². The molecule has 1 saturated heterocycles. The van der Waals surface area contributed by atoms with Crippen LogP contribution in [0.2, 0.25) is 0 Å². The van der Waals surface area contributed by atoms with Gasteiger partial charge >= 0.3 is 0 Å². The molecule has 1 fully saturated rings. The maximum Gasteiger partial charge on any atom is 0.154 e. The number of alkyl halides is 1. The highest BCUT2D eigenvalue weighted by Gasteiger charge is 2.17. The lowest BCUT2D eigenvalue weighted by Crippen LogP contribution is -2.30. The minimum atomic E-state index is -0.341. The van der Waals surface area contributed by atoms with E-state index in [2.05, 4.69) is 0 Å². The van der Waals surface area contributed by atoms with Crippen molar-refractivity contribution in [1.29, 1.82) is 0 Å². The van der Waals surface area contributed by atoms with E-state index in [-0.39, 0.29) is 18.9 Å². The van der Waals surface area contributed by atoms with Gasteiger partial charge in [0.1, 0.15) is 0 Å². The summed E-state index contributed by atoms with van der Waals surface area (Å²) >= 11 is 0. The molecular formula is C6H11FO2. The SMILES string of the molecule is CC1OCC(CF)CO1. The van der Waals surface area contributed by atoms with E-state index in [4.69, 9.17) is 9.47 Å². The highest BCUT2D eigenvalue weighted by atomic mass is 19.1. The van der Waals surface area contributed by atoms with Gasteiger partial charge in [-0.05, 0) is 6.92 Å². The van der Waals surface area contributed by atoms with E-state index < -0.39 is 0 Å². The summed E-state index contributed by atoms with van der Waals surface area (Å²) in [6.45, 7) is 2.47. The molecule has 54 valence electrons. The standard InChI is InChI=1S/C6H11FO2/c1-5-8-3-6(2-7)4-9-5/h5-6H,2-4H2,1H3. The van der Waals surface area contributed by atoms with Crippen LogP contribution in [0.25, 0.3) is 0 Å². The zero-order chi connectivity index (χ0) is 6.69. The third-order valence-corrected chi connectivity index (χ3v) is 1.35. The fourth-order valence-electron chi connectivity index (χ4n) is 0.728. The fourth-order valence-corrected chi connectivity index (χ4v) is 0.728. The van der Waals surface area contributed by atoms with Crippen molar-refractivity contribution in [1.82, 2.24) is 0 Å². The van der Waals surface area contributed by atoms with E-state index in [1.807, 2.05) is 6.92 Å². The lowest BCUT2D eigenvalue weighted by molar-refractivity contribution is -0.192. The Morgan fingerprint density at radius 1 is 1.44 bits per heavy atom. The van der Waals surface area contributed by atoms with Gasteiger partial charge < -0.3 is 9.47 Å². The molecule has 1 heterocycles. The molecular weight excluding hydrogens is 123 g/mol. The molecule has 1 aliphatic heterocycles. The van der Waals surface area contributed by atoms with Gasteiger partial charge in [0, 0.05) is 5.92 Å². The van der Waals surface area contributed by atoms with Crippen molar-refractivity contribution in [2.24, 2.45) is 5.92 Å². The van der Waals surface area contributed by atoms with Crippen LogP contribution in [0.3, 0.4) is 0 Å². The number of halogens is 1. The Balaban J connectivity index is 2.18. The molecule has 0 aromatic carbocycles. The van der Waals surface area contributed by atoms with Crippen LogP contribution >= 0.6 is 0 Å². The van der Waals surface area contributed by atoms with Crippen LogP contribution < -0.4 is 0 Å². The fraction of sp³-hybridized carbons (Fsp3) is 1.00. The highest BCUT2D eigenvalue weighted by Crippen LogP contribution is 2.10. The topological polar surface area (TPSA) is 18.5 Å². The zero-order valence-corrected chi connectivity index (χ0v) is 5.47. The molecule has 0 saturated carbocycles. The van der Waals surface area contributed by atoms with Crippen LogP contribution in [0, 0.1) is 5.92 Å². The third-order valence-electron chi connectivity index (χ3n) is 1.35. The smallest absolute Gasteiger partial charge is 0.154 e. The van der Waals surface area contributed by atoms with Crippen LogP contribution in [-0.4, -0.2) is 26.2 Å². The first-order valence-electron chi connectivity index (χ1n) is 3.12. The van der Waals surface area contributed by atoms with E-state index in [0.29, 0.717) is 13.2 Å². The molecule has 0 spiro atoms. The van der Waals surface area contributed by atoms with Crippen molar-refractivity contribution >= 4 is 0 Å². The highest BCUT2D eigenvalue weighted by molar-refractivity contribution is 4.58. The molecule has 0 amide bonds. The normalized spacial score (nSPS) is 36.7. The Kier molecular flexibility index (Phi) is 2.42. The summed E-state index contributed by atoms with van der Waals surface area (Å²) < 4.78 is 21.9. The number of hydrogen-bond donors (Lipinski definition) is 0. The minimum Gasteiger partial charge on any atom is -0.352 e. The van der Waals surface area contributed by atoms with Gasteiger partial charge in [-0.25, -0.2) is 0 Å². The Morgan fingerprint density at radius 3 is 2.44 bits per heavy atom. The summed E-state index contributed by atoms with van der Waals surface area (Å²) in [6.07, 6.45) is -0.146. The summed E-state index contributed by atoms with van der Waals surface area (Å²) in [4.78, 5) is 0. The second-order valence-electron chi connectivity index (χ2n) is 2.25. The van der Waals surface area contributed by atoms with Gasteiger partial charge in [0.05, 0.1) is 19.9 Å². The van der Waals surface area contributed by atoms with Gasteiger partial charge in [-0.1, -0.05) is 0 Å². The van der Waals surface area contributed by atoms with Crippen LogP contribution in [0.5, 0.6) is 0 Å². The predicted octanol–water partition coefficient (Wildman–Crippen LogP) is 0.965. The Bertz CT molecular complexity index is 79.1. The second-order valence-corrected chi connectivity index (χ2v) is 2.25. The van der Waals surface area contributed by atoms with Gasteiger partial charge in [0.2, 0.25) is 0 Å². The van der Waals surface area contributed by atoms with Crippen molar-refractivity contribution in [3.8, 4) is 0 Å². The number of hydrogen-bond acceptors (Lipinski definition) is 2. The molecule has 0 aromatic heterocycles. The van der Waals surface area contributed by atoms with E-state index in [1.165, 1.54) is 0 Å². The molecule has 0 atom stereocenters. The molecule has 0 bridgehead atoms. The maximum atomic E-state index is 11.8. The summed E-state index contributed by atoms with van der Waals surface area (Å²) in [7, 11) is 0. The van der Waals surface area contributed by atoms with Gasteiger partial charge in [-0.2, -0.15) is 0 Å². The summed E-state index contributed by atoms with van der Waals surface area (Å²) in [5.41, 5.74) is 0. The molecule has 1 rings (SSSR count). The van der Waals surface area contributed by atoms with Crippen LogP contribution in [0.15, 0.2) is 0 Å². The number of ether oxygens (including phenoxy) is 2. The zero-order valence-electron chi connectivity index (χ0n) is 5.47. The summed E-state index contributed by atoms with van der Waals surface area (Å²) in [6, 6.07) is 0. The Labute approximate surface area is 54.0 Å². The average molecular weight is 134 g/mol. The average Bonchev–Trinajstić information content (AvgIpc) is 1.90. The largest absolute Gasteiger partial charge is 0.352 e. The lowest BCUT2D eigenvalue weighted by atomic mass is 10.2. The van der Waals surface area contributed by atoms with Crippen molar-refractivity contribution in [2.75, 3.05) is 19.9 Å². The van der Waals surface area contributed by atoms with Crippen LogP contribution in [-0.2, 0) is 9.47 Å². The Hall–Kier alpha value is -0.150. The molecule has 0 N–H and O–H groups in total. The van der Waals surface area contributed by atoms with Gasteiger partial charge in [-0.3, -0.25) is 4.39 Å². The van der Waals surface area contributed by atoms with Crippen molar-refractivity contribution < 1.29 is 13.9 Å². The number of rotatable bonds is 1. The molecule has 0 radical (unpaired) electrons. The first kappa shape index (κ1) is 6.96. The van der Waals surface area contributed by atoms with Crippen LogP contribution in [0.4, 0.5) is 4.39 Å². The van der Waals surface area contributed by atoms with E-state index >= 15 is 0 Å². The van der Waals surface area contributed by atoms with Crippen molar-refractivity contribution in [2.45, 2.75) is 13.2 Å². The monoisotopic (exact) mass is 134 g/mol. The van der Waals surface area contributed by atoms with E-state index in [9.17, 15) is 4.39 Å². The third kappa shape index (κ3) is 1.91. The summed E-state index contributed by atoms with van der Waals surface area (Å²) in [5.74, 6) is -0.0406. The quantitative estimate of drug-likeness (QED) is 0.532. The van der Waals surface area contributed by atoms with Gasteiger partial charge in [-0.15, -0.1) is 0 Å². The lowest BCUT2D eigenvalue weighted by Gasteiger charge is -2.24. The van der Waals surface area contributed by atoms with E-state index in [0.717, 1.165) is 0 Å². The molecule has 0 unspecified atom stereocenters. The van der Waals surface area contributed by atoms with Crippen molar-refractivity contribution in [3.63, 3.8) is 0 Å². The molecule has 2 nitrogen and oxygen atoms in total. The van der Waals surface area contributed by atoms with Crippen LogP contribution in [0.1, 0.15) is 6.92 Å². The second kappa shape index (κ2) is 3.13. The van der Waals surface area contributed by atoms with Crippen molar-refractivity contribution in [3.05, 3.63) is 0 Å². The molecule has 1 aliphatic rings. The Morgan fingerprint density at radius 2 is 2.00 bits per heavy atom. The molecule has 0 aliphatic carbocycles. The molecule has 0 aromatic rings. The summed E-state index contributed by atoms with van der Waals surface area (Å²) in [5, 5.41) is 0. The van der Waals surface area contributed by atoms with Gasteiger partial charge in [0.25, 0.3) is 0 Å². The molecule has 9 heavy (non-hydrogen) atoms. The molecule has 3 heteroatoms.